The fraction of sp³-hybridized carbons (Fsp3) is 0.455. The standard InChI is InChI=1S/C22H26N2O5S/c1-22(2,3)29-18(25)11-17-23-12-15(30-17)9-10-16-19(24-20(16)26)21(27)28-13-14-7-5-4-6-8-14/h4-8,12,16,19H,9-11,13H2,1-3H3,(H,24,26)/t16?,19-/m0/s1. The van der Waals surface area contributed by atoms with Crippen molar-refractivity contribution in [3.8, 4) is 0 Å². The number of nitrogens with one attached hydrogen (secondary N) is 1. The average molecular weight is 431 g/mol. The molecule has 2 atom stereocenters. The fourth-order valence-electron chi connectivity index (χ4n) is 3.10. The summed E-state index contributed by atoms with van der Waals surface area (Å²) < 4.78 is 10.6. The van der Waals surface area contributed by atoms with E-state index in [1.165, 1.54) is 11.3 Å². The van der Waals surface area contributed by atoms with Crippen LogP contribution in [0, 0.1) is 5.92 Å². The highest BCUT2D eigenvalue weighted by atomic mass is 32.1. The molecule has 1 N–H and O–H groups in total. The van der Waals surface area contributed by atoms with Gasteiger partial charge in [0.25, 0.3) is 0 Å². The Labute approximate surface area is 179 Å². The summed E-state index contributed by atoms with van der Waals surface area (Å²) in [6.45, 7) is 5.65. The van der Waals surface area contributed by atoms with E-state index in [0.717, 1.165) is 10.4 Å². The lowest BCUT2D eigenvalue weighted by molar-refractivity contribution is -0.159. The second kappa shape index (κ2) is 9.38. The predicted octanol–water partition coefficient (Wildman–Crippen LogP) is 2.82. The van der Waals surface area contributed by atoms with E-state index in [0.29, 0.717) is 17.8 Å². The molecule has 8 heteroatoms. The van der Waals surface area contributed by atoms with Gasteiger partial charge in [0, 0.05) is 11.1 Å². The van der Waals surface area contributed by atoms with E-state index >= 15 is 0 Å². The van der Waals surface area contributed by atoms with Crippen molar-refractivity contribution in [2.45, 2.75) is 58.3 Å². The van der Waals surface area contributed by atoms with Gasteiger partial charge in [-0.05, 0) is 39.2 Å². The van der Waals surface area contributed by atoms with Crippen molar-refractivity contribution in [2.75, 3.05) is 0 Å². The lowest BCUT2D eigenvalue weighted by Crippen LogP contribution is -2.62. The van der Waals surface area contributed by atoms with Crippen molar-refractivity contribution in [1.82, 2.24) is 10.3 Å². The Kier molecular flexibility index (Phi) is 6.87. The van der Waals surface area contributed by atoms with Gasteiger partial charge in [-0.25, -0.2) is 9.78 Å². The van der Waals surface area contributed by atoms with Crippen molar-refractivity contribution in [3.63, 3.8) is 0 Å². The molecule has 3 rings (SSSR count). The highest BCUT2D eigenvalue weighted by Crippen LogP contribution is 2.25. The van der Waals surface area contributed by atoms with Crippen LogP contribution in [0.4, 0.5) is 0 Å². The molecule has 0 radical (unpaired) electrons. The average Bonchev–Trinajstić information content (AvgIpc) is 3.10. The van der Waals surface area contributed by atoms with Gasteiger partial charge in [0.2, 0.25) is 5.91 Å². The van der Waals surface area contributed by atoms with Gasteiger partial charge in [-0.15, -0.1) is 11.3 Å². The van der Waals surface area contributed by atoms with Crippen LogP contribution in [0.3, 0.4) is 0 Å². The molecule has 0 bridgehead atoms. The summed E-state index contributed by atoms with van der Waals surface area (Å²) in [6, 6.07) is 8.79. The smallest absolute Gasteiger partial charge is 0.329 e. The molecule has 160 valence electrons. The van der Waals surface area contributed by atoms with E-state index in [1.54, 1.807) is 6.20 Å². The maximum absolute atomic E-state index is 12.3. The number of nitrogens with zero attached hydrogens (tertiary/aromatic N) is 1. The molecule has 0 aliphatic carbocycles. The zero-order chi connectivity index (χ0) is 21.7. The van der Waals surface area contributed by atoms with Crippen LogP contribution < -0.4 is 5.32 Å². The summed E-state index contributed by atoms with van der Waals surface area (Å²) in [6.07, 6.45) is 2.96. The number of benzene rings is 1. The van der Waals surface area contributed by atoms with Crippen LogP contribution in [0.1, 0.15) is 42.6 Å². The molecule has 2 heterocycles. The Balaban J connectivity index is 1.46. The Morgan fingerprint density at radius 3 is 2.60 bits per heavy atom. The highest BCUT2D eigenvalue weighted by Gasteiger charge is 2.44. The van der Waals surface area contributed by atoms with E-state index in [9.17, 15) is 14.4 Å². The molecule has 0 saturated carbocycles. The van der Waals surface area contributed by atoms with Crippen LogP contribution in [0.15, 0.2) is 36.5 Å². The number of carbonyl (C=O) groups excluding carboxylic acids is 3. The third-order valence-corrected chi connectivity index (χ3v) is 5.59. The summed E-state index contributed by atoms with van der Waals surface area (Å²) in [7, 11) is 0. The number of β-lactam (4-membered cyclic amide) rings is 1. The molecule has 1 aliphatic rings. The first-order chi connectivity index (χ1) is 14.2. The Morgan fingerprint density at radius 1 is 1.20 bits per heavy atom. The molecule has 1 aromatic carbocycles. The van der Waals surface area contributed by atoms with Gasteiger partial charge < -0.3 is 14.8 Å². The number of thiazole rings is 1. The Hall–Kier alpha value is -2.74. The minimum absolute atomic E-state index is 0.125. The van der Waals surface area contributed by atoms with Crippen molar-refractivity contribution >= 4 is 29.2 Å². The molecule has 1 aliphatic heterocycles. The largest absolute Gasteiger partial charge is 0.460 e. The van der Waals surface area contributed by atoms with Gasteiger partial charge in [-0.3, -0.25) is 9.59 Å². The molecule has 30 heavy (non-hydrogen) atoms. The maximum atomic E-state index is 12.3. The first kappa shape index (κ1) is 22.0. The van der Waals surface area contributed by atoms with Gasteiger partial charge in [0.15, 0.2) is 0 Å². The van der Waals surface area contributed by atoms with Crippen molar-refractivity contribution < 1.29 is 23.9 Å². The number of aromatic nitrogens is 1. The van der Waals surface area contributed by atoms with Gasteiger partial charge in [-0.1, -0.05) is 30.3 Å². The number of hydrogen-bond acceptors (Lipinski definition) is 7. The van der Waals surface area contributed by atoms with Crippen LogP contribution in [-0.4, -0.2) is 34.5 Å². The molecular formula is C22H26N2O5S. The van der Waals surface area contributed by atoms with Gasteiger partial charge >= 0.3 is 11.9 Å². The van der Waals surface area contributed by atoms with Gasteiger partial charge in [-0.2, -0.15) is 0 Å². The molecule has 0 spiro atoms. The highest BCUT2D eigenvalue weighted by molar-refractivity contribution is 7.11. The van der Waals surface area contributed by atoms with Gasteiger partial charge in [0.05, 0.1) is 12.3 Å². The number of ether oxygens (including phenoxy) is 2. The number of hydrogen-bond donors (Lipinski definition) is 1. The summed E-state index contributed by atoms with van der Waals surface area (Å²) in [4.78, 5) is 41.4. The normalized spacial score (nSPS) is 18.3. The molecule has 1 unspecified atom stereocenters. The van der Waals surface area contributed by atoms with Crippen LogP contribution in [-0.2, 0) is 43.3 Å². The van der Waals surface area contributed by atoms with E-state index < -0.39 is 23.5 Å². The number of rotatable bonds is 8. The lowest BCUT2D eigenvalue weighted by atomic mass is 9.86. The third kappa shape index (κ3) is 6.13. The Morgan fingerprint density at radius 2 is 1.93 bits per heavy atom. The van der Waals surface area contributed by atoms with Crippen molar-refractivity contribution in [2.24, 2.45) is 5.92 Å². The maximum Gasteiger partial charge on any atom is 0.329 e. The van der Waals surface area contributed by atoms with Crippen LogP contribution >= 0.6 is 11.3 Å². The van der Waals surface area contributed by atoms with E-state index in [1.807, 2.05) is 51.1 Å². The number of amides is 1. The predicted molar refractivity (Wildman–Crippen MR) is 112 cm³/mol. The van der Waals surface area contributed by atoms with E-state index in [-0.39, 0.29) is 24.9 Å². The first-order valence-electron chi connectivity index (χ1n) is 9.87. The molecule has 2 aromatic rings. The fourth-order valence-corrected chi connectivity index (χ4v) is 4.02. The van der Waals surface area contributed by atoms with E-state index in [2.05, 4.69) is 10.3 Å². The third-order valence-electron chi connectivity index (χ3n) is 4.53. The monoisotopic (exact) mass is 430 g/mol. The summed E-state index contributed by atoms with van der Waals surface area (Å²) in [5.41, 5.74) is 0.369. The summed E-state index contributed by atoms with van der Waals surface area (Å²) in [5, 5.41) is 3.31. The second-order valence-electron chi connectivity index (χ2n) is 8.21. The number of carbonyl (C=O) groups is 3. The summed E-state index contributed by atoms with van der Waals surface area (Å²) >= 11 is 1.42. The van der Waals surface area contributed by atoms with Crippen LogP contribution in [0.25, 0.3) is 0 Å². The SMILES string of the molecule is CC(C)(C)OC(=O)Cc1ncc(CCC2C(=O)N[C@@H]2C(=O)OCc2ccccc2)s1. The quantitative estimate of drug-likeness (QED) is 0.511. The zero-order valence-corrected chi connectivity index (χ0v) is 18.2. The number of esters is 2. The minimum Gasteiger partial charge on any atom is -0.460 e. The molecule has 7 nitrogen and oxygen atoms in total. The molecule has 1 saturated heterocycles. The molecule has 1 aromatic heterocycles. The summed E-state index contributed by atoms with van der Waals surface area (Å²) in [5.74, 6) is -1.29. The minimum atomic E-state index is -0.615. The zero-order valence-electron chi connectivity index (χ0n) is 17.3. The van der Waals surface area contributed by atoms with Crippen LogP contribution in [0.5, 0.6) is 0 Å². The second-order valence-corrected chi connectivity index (χ2v) is 9.41. The lowest BCUT2D eigenvalue weighted by Gasteiger charge is -2.34. The van der Waals surface area contributed by atoms with E-state index in [4.69, 9.17) is 9.47 Å². The van der Waals surface area contributed by atoms with Gasteiger partial charge in [0.1, 0.15) is 23.3 Å². The Bertz CT molecular complexity index is 904. The molecular weight excluding hydrogens is 404 g/mol. The molecule has 1 amide bonds. The van der Waals surface area contributed by atoms with Crippen molar-refractivity contribution in [3.05, 3.63) is 52.0 Å². The first-order valence-corrected chi connectivity index (χ1v) is 10.7. The van der Waals surface area contributed by atoms with Crippen LogP contribution in [0.2, 0.25) is 0 Å². The molecule has 1 fully saturated rings. The number of aryl methyl sites for hydroxylation is 1. The van der Waals surface area contributed by atoms with Crippen molar-refractivity contribution in [1.29, 1.82) is 0 Å². The topological polar surface area (TPSA) is 94.6 Å².